The van der Waals surface area contributed by atoms with Crippen LogP contribution in [0.5, 0.6) is 0 Å². The summed E-state index contributed by atoms with van der Waals surface area (Å²) in [5.74, 6) is -2.75. The van der Waals surface area contributed by atoms with E-state index in [1.165, 1.54) is 70.1 Å². The molecule has 0 amide bonds. The molecule has 30 nitrogen and oxygen atoms in total. The molecular weight excluding hydrogens is 1460 g/mol. The molecule has 0 spiro atoms. The zero-order chi connectivity index (χ0) is 94.0. The fourth-order valence-corrected chi connectivity index (χ4v) is 14.7. The van der Waals surface area contributed by atoms with Crippen molar-refractivity contribution in [3.8, 4) is 0 Å². The van der Waals surface area contributed by atoms with Crippen LogP contribution in [0, 0.1) is 38.2 Å². The van der Waals surface area contributed by atoms with E-state index in [9.17, 15) is 59.1 Å². The maximum Gasteiger partial charge on any atom is 0.191 e. The number of rotatable bonds is 30. The number of hydrogen-bond donors (Lipinski definition) is 12. The fourth-order valence-electron chi connectivity index (χ4n) is 12.6. The lowest BCUT2D eigenvalue weighted by Gasteiger charge is -2.17. The summed E-state index contributed by atoms with van der Waals surface area (Å²) in [6.45, 7) is -3.40. The van der Waals surface area contributed by atoms with E-state index in [2.05, 4.69) is 76.8 Å². The number of halogens is 3. The third-order valence-corrected chi connectivity index (χ3v) is 21.8. The molecule has 15 rings (SSSR count). The van der Waals surface area contributed by atoms with Crippen molar-refractivity contribution in [2.24, 2.45) is 0 Å². The molecule has 9 aromatic rings. The van der Waals surface area contributed by atoms with Crippen LogP contribution in [0.15, 0.2) is 69.9 Å². The first-order valence-electron chi connectivity index (χ1n) is 44.8. The molecule has 0 bridgehead atoms. The number of aliphatic hydroxyl groups excluding tert-OH is 7. The van der Waals surface area contributed by atoms with Gasteiger partial charge in [0.2, 0.25) is 0 Å². The largest absolute Gasteiger partial charge is 0.394 e. The number of aromatic nitrogens is 15. The van der Waals surface area contributed by atoms with Crippen LogP contribution in [0.4, 0.5) is 30.6 Å². The van der Waals surface area contributed by atoms with Crippen LogP contribution in [-0.4, -0.2) is 251 Å². The Morgan fingerprint density at radius 3 is 1.09 bits per heavy atom. The highest BCUT2D eigenvalue weighted by molar-refractivity contribution is 7.99. The second-order valence-corrected chi connectivity index (χ2v) is 29.5. The minimum atomic E-state index is -3.39. The first kappa shape index (κ1) is 57.0. The Morgan fingerprint density at radius 2 is 0.787 bits per heavy atom. The minimum Gasteiger partial charge on any atom is -0.394 e. The van der Waals surface area contributed by atoms with E-state index in [4.69, 9.17) is 41.6 Å². The molecule has 6 heterocycles. The molecule has 36 heteroatoms. The van der Waals surface area contributed by atoms with Crippen LogP contribution >= 0.6 is 35.3 Å². The van der Waals surface area contributed by atoms with Crippen molar-refractivity contribution in [1.29, 1.82) is 0 Å². The summed E-state index contributed by atoms with van der Waals surface area (Å²) in [6, 6.07) is -10.8. The van der Waals surface area contributed by atoms with Crippen LogP contribution in [-0.2, 0) is 14.2 Å². The first-order chi connectivity index (χ1) is 59.8. The molecule has 6 saturated carbocycles. The summed E-state index contributed by atoms with van der Waals surface area (Å²) < 4.78 is 224. The molecule has 3 aromatic carbocycles. The zero-order valence-electron chi connectivity index (χ0n) is 78.9. The van der Waals surface area contributed by atoms with Crippen molar-refractivity contribution in [2.75, 3.05) is 72.7 Å². The van der Waals surface area contributed by atoms with Crippen LogP contribution < -0.4 is 16.0 Å². The lowest BCUT2D eigenvalue weighted by atomic mass is 10.1. The van der Waals surface area contributed by atoms with E-state index in [1.807, 2.05) is 20.8 Å². The Hall–Kier alpha value is -7.14. The molecule has 12 N–H and O–H groups in total. The maximum atomic E-state index is 14.6. The molecule has 6 aliphatic carbocycles. The SMILES string of the molecule is [2H]c1c([2H])c([C@@H]2C[C@@]2([2H])Nc2nc(SCCC)nc3c2nnn3[C@@H]2C[C@H](OC([2H])([2H])C([2H])([2H])O)[C@@H](O)[C@H]2O)c([2H])c(F)c1C.[2H]c1c([2H])c([C@@H]2C[C@@]2([2H])Nc2nc(SCCC)nc3c2nnn3[C@@H]2C[C@H](OC([2H])([2H])CO)[C@@H](O)[C@H]2O)c([2H])c(F)c1C.[2H]c1c([2H])c([C@@H]2C[C@@]2([2H])Nc2nc(SCCC)nc3c2nnn3[C@@H]2C[C@H](OCC([2H])([2H])O)[C@@H](O)[C@H]2O)c([2H])c(F)c1C. The Morgan fingerprint density at radius 1 is 0.463 bits per heavy atom. The standard InChI is InChI=1S/3C24H31FN6O4S/c3*1-3-8-36-24-27-22(26-16-10-14(16)13-5-4-12(2)15(25)9-13)19-23(28-24)31(30-29-19)17-11-18(35-7-6-32)21(34)20(17)33/h3*4-5,9,14,16-18,20-21,32-34H,3,6-8,10-11H2,1-2H3,(H,26,27,28)/t3*14-,16+,17+,18-,20-,21+/m000/s1/i4D,5D,6D2,7D2,9D,16D;4D,5D,7D2,9D,16D;4D,5D,6D2,9D,16D. The number of nitrogens with zero attached hydrogens (tertiary/aromatic N) is 15. The highest BCUT2D eigenvalue weighted by Crippen LogP contribution is 2.48. The van der Waals surface area contributed by atoms with Crippen molar-refractivity contribution in [1.82, 2.24) is 74.9 Å². The molecule has 18 atom stereocenters. The Bertz CT molecular complexity index is 5620. The highest BCUT2D eigenvalue weighted by atomic mass is 32.2. The van der Waals surface area contributed by atoms with Crippen molar-refractivity contribution in [2.45, 2.75) is 224 Å². The highest BCUT2D eigenvalue weighted by Gasteiger charge is 2.49. The lowest BCUT2D eigenvalue weighted by Crippen LogP contribution is -2.33. The van der Waals surface area contributed by atoms with E-state index in [1.54, 1.807) is 0 Å². The van der Waals surface area contributed by atoms with Gasteiger partial charge in [-0.1, -0.05) is 108 Å². The van der Waals surface area contributed by atoms with Crippen molar-refractivity contribution < 1.29 is 101 Å². The minimum absolute atomic E-state index is 0.0124. The van der Waals surface area contributed by atoms with Gasteiger partial charge in [-0.2, -0.15) is 0 Å². The average Bonchev–Trinajstić information content (AvgIpc) is 1.57. The summed E-state index contributed by atoms with van der Waals surface area (Å²) in [4.78, 5) is 27.2. The molecule has 0 saturated heterocycles. The predicted octanol–water partition coefficient (Wildman–Crippen LogP) is 6.55. The number of benzene rings is 3. The van der Waals surface area contributed by atoms with Gasteiger partial charge in [0.15, 0.2) is 66.4 Å². The zero-order valence-corrected chi connectivity index (χ0v) is 61.3. The fraction of sp³-hybridized carbons (Fsp3) is 0.583. The van der Waals surface area contributed by atoms with Gasteiger partial charge in [-0.25, -0.2) is 57.1 Å². The van der Waals surface area contributed by atoms with Crippen molar-refractivity contribution in [3.63, 3.8) is 0 Å². The number of aliphatic hydroxyl groups is 9. The lowest BCUT2D eigenvalue weighted by molar-refractivity contribution is -0.0629. The Labute approximate surface area is 661 Å². The quantitative estimate of drug-likeness (QED) is 0.0168. The van der Waals surface area contributed by atoms with Gasteiger partial charge in [0.25, 0.3) is 0 Å². The monoisotopic (exact) mass is 1570 g/mol. The van der Waals surface area contributed by atoms with Crippen LogP contribution in [0.25, 0.3) is 33.5 Å². The van der Waals surface area contributed by atoms with Gasteiger partial charge in [0, 0.05) is 72.3 Å². The molecule has 108 heavy (non-hydrogen) atoms. The van der Waals surface area contributed by atoms with E-state index < -0.39 is 184 Å². The van der Waals surface area contributed by atoms with E-state index >= 15 is 0 Å². The smallest absolute Gasteiger partial charge is 0.191 e. The third-order valence-electron chi connectivity index (χ3n) is 18.7. The Kier molecular flexibility index (Phi) is 18.5. The predicted molar refractivity (Wildman–Crippen MR) is 398 cm³/mol. The molecular formula is C72H93F3N18O12S3. The molecule has 0 aliphatic heterocycles. The normalized spacial score (nSPS) is 32.9. The van der Waals surface area contributed by atoms with Gasteiger partial charge in [0.05, 0.1) is 103 Å². The molecule has 0 unspecified atom stereocenters. The number of hydrogen-bond acceptors (Lipinski definition) is 30. The molecule has 6 aromatic heterocycles. The molecule has 6 fully saturated rings. The van der Waals surface area contributed by atoms with Gasteiger partial charge in [-0.3, -0.25) is 0 Å². The number of ether oxygens (including phenoxy) is 3. The van der Waals surface area contributed by atoms with E-state index in [0.29, 0.717) is 27.6 Å². The average molecular weight is 1580 g/mol. The van der Waals surface area contributed by atoms with E-state index in [0.717, 1.165) is 19.3 Å². The molecule has 6 aliphatic rings. The number of fused-ring (bicyclic) bond motifs is 3. The maximum absolute atomic E-state index is 14.6. The second kappa shape index (κ2) is 35.1. The third kappa shape index (κ3) is 17.5. The summed E-state index contributed by atoms with van der Waals surface area (Å²) >= 11 is 3.96. The van der Waals surface area contributed by atoms with Crippen LogP contribution in [0.1, 0.15) is 175 Å². The Balaban J connectivity index is 0.000000164. The number of anilines is 3. The first-order valence-corrected chi connectivity index (χ1v) is 37.8. The van der Waals surface area contributed by atoms with Gasteiger partial charge in [0.1, 0.15) is 54.1 Å². The second-order valence-electron chi connectivity index (χ2n) is 26.3. The number of thioether (sulfide) groups is 3. The van der Waals surface area contributed by atoms with Gasteiger partial charge < -0.3 is 76.1 Å². The summed E-state index contributed by atoms with van der Waals surface area (Å²) in [5.41, 5.74) is 0.409. The van der Waals surface area contributed by atoms with Gasteiger partial charge in [-0.15, -0.1) is 15.3 Å². The molecule has 582 valence electrons. The molecule has 0 radical (unpaired) electrons. The summed E-state index contributed by atoms with van der Waals surface area (Å²) in [6.07, 6.45) is -10.1. The number of nitrogens with one attached hydrogen (secondary N) is 3. The summed E-state index contributed by atoms with van der Waals surface area (Å²) in [5, 5.41) is 127. The van der Waals surface area contributed by atoms with Crippen LogP contribution in [0.2, 0.25) is 0 Å². The van der Waals surface area contributed by atoms with Crippen molar-refractivity contribution in [3.05, 3.63) is 105 Å². The summed E-state index contributed by atoms with van der Waals surface area (Å²) in [7, 11) is 0. The van der Waals surface area contributed by atoms with E-state index in [-0.39, 0.29) is 164 Å². The van der Waals surface area contributed by atoms with Gasteiger partial charge >= 0.3 is 0 Å². The topological polar surface area (TPSA) is 415 Å². The van der Waals surface area contributed by atoms with Crippen molar-refractivity contribution >= 4 is 86.2 Å². The van der Waals surface area contributed by atoms with Gasteiger partial charge in [-0.05, 0) is 111 Å². The van der Waals surface area contributed by atoms with Crippen LogP contribution in [0.3, 0.4) is 0 Å².